The molecule has 1 aromatic heterocycles. The molecule has 9 heteroatoms. The molecule has 1 N–H and O–H groups in total. The van der Waals surface area contributed by atoms with E-state index in [2.05, 4.69) is 15.5 Å². The summed E-state index contributed by atoms with van der Waals surface area (Å²) in [7, 11) is 0. The van der Waals surface area contributed by atoms with Crippen LogP contribution in [0.15, 0.2) is 32.9 Å². The van der Waals surface area contributed by atoms with Crippen LogP contribution in [0.1, 0.15) is 13.3 Å². The predicted octanol–water partition coefficient (Wildman–Crippen LogP) is 3.47. The highest BCUT2D eigenvalue weighted by atomic mass is 32.2. The molecule has 0 aliphatic heterocycles. The van der Waals surface area contributed by atoms with Crippen LogP contribution in [0.5, 0.6) is 5.75 Å². The smallest absolute Gasteiger partial charge is 0.230 e. The van der Waals surface area contributed by atoms with E-state index in [0.29, 0.717) is 24.7 Å². The summed E-state index contributed by atoms with van der Waals surface area (Å²) in [4.78, 5) is 11.5. The van der Waals surface area contributed by atoms with E-state index in [4.69, 9.17) is 4.74 Å². The first-order valence-electron chi connectivity index (χ1n) is 7.42. The molecule has 0 saturated carbocycles. The summed E-state index contributed by atoms with van der Waals surface area (Å²) in [6.07, 6.45) is 0.922. The van der Waals surface area contributed by atoms with E-state index in [0.717, 1.165) is 15.1 Å². The molecule has 1 amide bonds. The van der Waals surface area contributed by atoms with Crippen LogP contribution in [-0.2, 0) is 4.79 Å². The Hall–Kier alpha value is -1.32. The van der Waals surface area contributed by atoms with Crippen molar-refractivity contribution in [3.8, 4) is 5.75 Å². The number of carbonyl (C=O) groups excluding carboxylic acids is 1. The van der Waals surface area contributed by atoms with Gasteiger partial charge in [-0.05, 0) is 18.6 Å². The first-order valence-corrected chi connectivity index (χ1v) is 10.2. The first kappa shape index (κ1) is 19.0. The summed E-state index contributed by atoms with van der Waals surface area (Å²) in [5.74, 6) is 0.882. The van der Waals surface area contributed by atoms with Gasteiger partial charge in [-0.1, -0.05) is 53.9 Å². The van der Waals surface area contributed by atoms with Gasteiger partial charge < -0.3 is 10.1 Å². The van der Waals surface area contributed by atoms with Crippen molar-refractivity contribution < 1.29 is 13.9 Å². The van der Waals surface area contributed by atoms with Crippen LogP contribution in [0.3, 0.4) is 0 Å². The number of carbonyl (C=O) groups is 1. The maximum atomic E-state index is 13.4. The van der Waals surface area contributed by atoms with E-state index in [-0.39, 0.29) is 17.5 Å². The Kier molecular flexibility index (Phi) is 8.34. The van der Waals surface area contributed by atoms with E-state index >= 15 is 0 Å². The number of hydrogen-bond acceptors (Lipinski definition) is 7. The van der Waals surface area contributed by atoms with Gasteiger partial charge in [0.1, 0.15) is 0 Å². The summed E-state index contributed by atoms with van der Waals surface area (Å²) in [6.45, 7) is 3.09. The van der Waals surface area contributed by atoms with Gasteiger partial charge in [-0.3, -0.25) is 4.79 Å². The van der Waals surface area contributed by atoms with Gasteiger partial charge in [0.2, 0.25) is 5.91 Å². The van der Waals surface area contributed by atoms with Crippen molar-refractivity contribution in [2.75, 3.05) is 24.7 Å². The minimum atomic E-state index is -0.363. The highest BCUT2D eigenvalue weighted by Crippen LogP contribution is 2.28. The van der Waals surface area contributed by atoms with E-state index < -0.39 is 0 Å². The number of para-hydroxylation sites is 1. The maximum absolute atomic E-state index is 13.4. The quantitative estimate of drug-likeness (QED) is 0.497. The van der Waals surface area contributed by atoms with Crippen LogP contribution in [0, 0.1) is 5.82 Å². The Morgan fingerprint density at radius 1 is 1.29 bits per heavy atom. The lowest BCUT2D eigenvalue weighted by atomic mass is 10.3. The normalized spacial score (nSPS) is 10.6. The van der Waals surface area contributed by atoms with Gasteiger partial charge in [0.15, 0.2) is 20.2 Å². The molecule has 0 radical (unpaired) electrons. The molecule has 0 spiro atoms. The second kappa shape index (κ2) is 10.5. The van der Waals surface area contributed by atoms with Crippen molar-refractivity contribution in [2.45, 2.75) is 22.0 Å². The lowest BCUT2D eigenvalue weighted by Crippen LogP contribution is -2.25. The summed E-state index contributed by atoms with van der Waals surface area (Å²) in [5, 5.41) is 10.9. The molecule has 1 aromatic carbocycles. The van der Waals surface area contributed by atoms with Crippen molar-refractivity contribution in [1.29, 1.82) is 0 Å². The number of rotatable bonds is 10. The highest BCUT2D eigenvalue weighted by Gasteiger charge is 2.08. The molecule has 0 saturated heterocycles. The molecule has 0 aliphatic rings. The fraction of sp³-hybridized carbons (Fsp3) is 0.400. The van der Waals surface area contributed by atoms with Gasteiger partial charge in [0.25, 0.3) is 0 Å². The number of halogens is 1. The molecule has 5 nitrogen and oxygen atoms in total. The Balaban J connectivity index is 1.66. The molecule has 0 unspecified atom stereocenters. The first-order chi connectivity index (χ1) is 11.7. The minimum Gasteiger partial charge on any atom is -0.490 e. The summed E-state index contributed by atoms with van der Waals surface area (Å²) >= 11 is 4.32. The number of benzene rings is 1. The number of ether oxygens (including phenoxy) is 1. The van der Waals surface area contributed by atoms with Gasteiger partial charge in [0.05, 0.1) is 12.4 Å². The molecule has 1 heterocycles. The Bertz CT molecular complexity index is 654. The molecule has 2 rings (SSSR count). The SMILES string of the molecule is CCCNC(=O)CSc1nnc(SCCOc2ccccc2F)s1. The number of hydrogen-bond donors (Lipinski definition) is 1. The second-order valence-electron chi connectivity index (χ2n) is 4.60. The van der Waals surface area contributed by atoms with Crippen molar-refractivity contribution >= 4 is 40.8 Å². The number of thioether (sulfide) groups is 2. The number of amides is 1. The van der Waals surface area contributed by atoms with Gasteiger partial charge in [-0.25, -0.2) is 4.39 Å². The monoisotopic (exact) mass is 387 g/mol. The summed E-state index contributed by atoms with van der Waals surface area (Å²) in [5.41, 5.74) is 0. The second-order valence-corrected chi connectivity index (χ2v) is 8.14. The average Bonchev–Trinajstić information content (AvgIpc) is 3.04. The van der Waals surface area contributed by atoms with Gasteiger partial charge in [0, 0.05) is 12.3 Å². The van der Waals surface area contributed by atoms with E-state index in [9.17, 15) is 9.18 Å². The van der Waals surface area contributed by atoms with Crippen molar-refractivity contribution in [3.63, 3.8) is 0 Å². The van der Waals surface area contributed by atoms with E-state index in [1.165, 1.54) is 40.9 Å². The minimum absolute atomic E-state index is 0.00420. The zero-order valence-corrected chi connectivity index (χ0v) is 15.6. The van der Waals surface area contributed by atoms with Crippen LogP contribution >= 0.6 is 34.9 Å². The number of nitrogens with one attached hydrogen (secondary N) is 1. The average molecular weight is 388 g/mol. The molecule has 2 aromatic rings. The molecule has 0 fully saturated rings. The lowest BCUT2D eigenvalue weighted by molar-refractivity contribution is -0.118. The zero-order chi connectivity index (χ0) is 17.2. The van der Waals surface area contributed by atoms with Crippen LogP contribution < -0.4 is 10.1 Å². The number of nitrogens with zero attached hydrogens (tertiary/aromatic N) is 2. The number of aromatic nitrogens is 2. The molecule has 24 heavy (non-hydrogen) atoms. The fourth-order valence-corrected chi connectivity index (χ4v) is 4.34. The van der Waals surface area contributed by atoms with Gasteiger partial charge in [-0.2, -0.15) is 0 Å². The van der Waals surface area contributed by atoms with E-state index in [1.807, 2.05) is 6.92 Å². The Morgan fingerprint density at radius 3 is 2.79 bits per heavy atom. The Labute approximate surface area is 152 Å². The Morgan fingerprint density at radius 2 is 2.04 bits per heavy atom. The van der Waals surface area contributed by atoms with Gasteiger partial charge >= 0.3 is 0 Å². The third kappa shape index (κ3) is 6.66. The molecule has 0 atom stereocenters. The highest BCUT2D eigenvalue weighted by molar-refractivity contribution is 8.03. The molecule has 0 aliphatic carbocycles. The van der Waals surface area contributed by atoms with Gasteiger partial charge in [-0.15, -0.1) is 10.2 Å². The van der Waals surface area contributed by atoms with Crippen LogP contribution in [0.4, 0.5) is 4.39 Å². The van der Waals surface area contributed by atoms with Crippen LogP contribution in [0.2, 0.25) is 0 Å². The van der Waals surface area contributed by atoms with Crippen molar-refractivity contribution in [3.05, 3.63) is 30.1 Å². The predicted molar refractivity (Wildman–Crippen MR) is 96.6 cm³/mol. The maximum Gasteiger partial charge on any atom is 0.230 e. The molecule has 130 valence electrons. The standard InChI is InChI=1S/C15H18FN3O2S3/c1-2-7-17-13(20)10-23-15-19-18-14(24-15)22-9-8-21-12-6-4-3-5-11(12)16/h3-6H,2,7-10H2,1H3,(H,17,20). The largest absolute Gasteiger partial charge is 0.490 e. The molecular formula is C15H18FN3O2S3. The zero-order valence-electron chi connectivity index (χ0n) is 13.2. The lowest BCUT2D eigenvalue weighted by Gasteiger charge is -2.05. The summed E-state index contributed by atoms with van der Waals surface area (Å²) < 4.78 is 20.3. The van der Waals surface area contributed by atoms with Crippen LogP contribution in [-0.4, -0.2) is 40.8 Å². The third-order valence-corrected chi connectivity index (χ3v) is 5.84. The molecule has 0 bridgehead atoms. The topological polar surface area (TPSA) is 64.1 Å². The van der Waals surface area contributed by atoms with E-state index in [1.54, 1.807) is 18.2 Å². The summed E-state index contributed by atoms with van der Waals surface area (Å²) in [6, 6.07) is 6.33. The van der Waals surface area contributed by atoms with Crippen LogP contribution in [0.25, 0.3) is 0 Å². The third-order valence-electron chi connectivity index (χ3n) is 2.69. The molecular weight excluding hydrogens is 369 g/mol. The fourth-order valence-electron chi connectivity index (χ4n) is 1.60. The van der Waals surface area contributed by atoms with Crippen molar-refractivity contribution in [1.82, 2.24) is 15.5 Å². The van der Waals surface area contributed by atoms with Crippen molar-refractivity contribution in [2.24, 2.45) is 0 Å².